The van der Waals surface area contributed by atoms with Crippen molar-refractivity contribution in [3.05, 3.63) is 12.2 Å². The van der Waals surface area contributed by atoms with E-state index in [1.54, 1.807) is 11.8 Å². The van der Waals surface area contributed by atoms with E-state index in [9.17, 15) is 14.7 Å². The van der Waals surface area contributed by atoms with Gasteiger partial charge in [-0.05, 0) is 50.9 Å². The van der Waals surface area contributed by atoms with Gasteiger partial charge in [0.15, 0.2) is 0 Å². The van der Waals surface area contributed by atoms with Gasteiger partial charge in [0.25, 0.3) is 0 Å². The Bertz CT molecular complexity index is 504. The van der Waals surface area contributed by atoms with E-state index in [4.69, 9.17) is 0 Å². The van der Waals surface area contributed by atoms with Crippen LogP contribution in [0.4, 0.5) is 0 Å². The molecule has 1 heterocycles. The molecule has 0 amide bonds. The van der Waals surface area contributed by atoms with Gasteiger partial charge in [0, 0.05) is 24.0 Å². The number of methoxy groups -OCH3 is 1. The molecule has 1 aliphatic heterocycles. The molecule has 0 aromatic heterocycles. The number of allylic oxidation sites excluding steroid dienone is 2. The lowest BCUT2D eigenvalue weighted by atomic mass is 9.86. The summed E-state index contributed by atoms with van der Waals surface area (Å²) in [7, 11) is 1.41. The number of ketones is 1. The van der Waals surface area contributed by atoms with Crippen LogP contribution in [-0.4, -0.2) is 34.2 Å². The van der Waals surface area contributed by atoms with E-state index in [0.29, 0.717) is 29.8 Å². The van der Waals surface area contributed by atoms with Gasteiger partial charge >= 0.3 is 5.97 Å². The van der Waals surface area contributed by atoms with Crippen LogP contribution in [0.25, 0.3) is 0 Å². The summed E-state index contributed by atoms with van der Waals surface area (Å²) in [6.07, 6.45) is 13.7. The maximum Gasteiger partial charge on any atom is 0.305 e. The fourth-order valence-corrected chi connectivity index (χ4v) is 6.03. The number of carbonyl (C=O) groups excluding carboxylic acids is 2. The van der Waals surface area contributed by atoms with Crippen LogP contribution in [-0.2, 0) is 14.3 Å². The molecule has 0 aromatic rings. The number of fused-ring (bicyclic) bond motifs is 1. The third-order valence-corrected chi connectivity index (χ3v) is 7.42. The lowest BCUT2D eigenvalue weighted by molar-refractivity contribution is -0.140. The van der Waals surface area contributed by atoms with Gasteiger partial charge < -0.3 is 9.84 Å². The van der Waals surface area contributed by atoms with Crippen molar-refractivity contribution in [3.8, 4) is 0 Å². The monoisotopic (exact) mass is 382 g/mol. The highest BCUT2D eigenvalue weighted by molar-refractivity contribution is 8.01. The molecule has 1 saturated heterocycles. The minimum atomic E-state index is -0.616. The Morgan fingerprint density at radius 3 is 2.88 bits per heavy atom. The van der Waals surface area contributed by atoms with Crippen molar-refractivity contribution in [2.45, 2.75) is 87.7 Å². The molecule has 26 heavy (non-hydrogen) atoms. The van der Waals surface area contributed by atoms with Crippen molar-refractivity contribution in [1.29, 1.82) is 0 Å². The first kappa shape index (κ1) is 21.5. The summed E-state index contributed by atoms with van der Waals surface area (Å²) in [6.45, 7) is 2.18. The Morgan fingerprint density at radius 2 is 2.15 bits per heavy atom. The minimum absolute atomic E-state index is 0.115. The predicted octanol–water partition coefficient (Wildman–Crippen LogP) is 4.65. The second-order valence-electron chi connectivity index (χ2n) is 7.71. The highest BCUT2D eigenvalue weighted by Gasteiger charge is 2.49. The molecule has 5 heteroatoms. The van der Waals surface area contributed by atoms with Gasteiger partial charge in [-0.3, -0.25) is 9.59 Å². The zero-order chi connectivity index (χ0) is 19.0. The van der Waals surface area contributed by atoms with E-state index in [-0.39, 0.29) is 11.9 Å². The summed E-state index contributed by atoms with van der Waals surface area (Å²) >= 11 is 1.67. The summed E-state index contributed by atoms with van der Waals surface area (Å²) in [4.78, 5) is 22.9. The Kier molecular flexibility index (Phi) is 8.68. The molecule has 2 rings (SSSR count). The van der Waals surface area contributed by atoms with E-state index in [1.165, 1.54) is 20.0 Å². The molecule has 4 nitrogen and oxygen atoms in total. The van der Waals surface area contributed by atoms with Crippen LogP contribution >= 0.6 is 11.8 Å². The second kappa shape index (κ2) is 10.5. The first-order chi connectivity index (χ1) is 12.5. The highest BCUT2D eigenvalue weighted by Crippen LogP contribution is 2.52. The number of ether oxygens (including phenoxy) is 1. The quantitative estimate of drug-likeness (QED) is 0.339. The molecule has 0 bridgehead atoms. The van der Waals surface area contributed by atoms with E-state index in [1.807, 2.05) is 0 Å². The molecule has 0 spiro atoms. The van der Waals surface area contributed by atoms with Crippen LogP contribution in [0.1, 0.15) is 77.6 Å². The van der Waals surface area contributed by atoms with Crippen LogP contribution in [0.15, 0.2) is 12.2 Å². The fourth-order valence-electron chi connectivity index (χ4n) is 4.22. The number of Topliss-reactive ketones (excluding diaryl/α,β-unsaturated/α-hetero) is 1. The van der Waals surface area contributed by atoms with Gasteiger partial charge in [-0.15, -0.1) is 11.8 Å². The molecule has 2 fully saturated rings. The first-order valence-electron chi connectivity index (χ1n) is 10.1. The SMILES string of the molecule is CCCCCC1(O)CCC2C(CC(=O)C2C/C=C/CCCC(=O)OC)S1. The topological polar surface area (TPSA) is 63.6 Å². The van der Waals surface area contributed by atoms with Crippen LogP contribution in [0.2, 0.25) is 0 Å². The molecule has 1 N–H and O–H groups in total. The maximum absolute atomic E-state index is 12.5. The summed E-state index contributed by atoms with van der Waals surface area (Å²) in [5.74, 6) is 0.727. The molecular weight excluding hydrogens is 348 g/mol. The van der Waals surface area contributed by atoms with Crippen molar-refractivity contribution in [1.82, 2.24) is 0 Å². The Balaban J connectivity index is 1.77. The fraction of sp³-hybridized carbons (Fsp3) is 0.810. The lowest BCUT2D eigenvalue weighted by Crippen LogP contribution is -2.36. The van der Waals surface area contributed by atoms with Gasteiger partial charge in [0.05, 0.1) is 7.11 Å². The highest BCUT2D eigenvalue weighted by atomic mass is 32.2. The Labute approximate surface area is 162 Å². The molecule has 0 aromatic carbocycles. The average molecular weight is 383 g/mol. The number of rotatable bonds is 10. The van der Waals surface area contributed by atoms with Crippen molar-refractivity contribution < 1.29 is 19.4 Å². The van der Waals surface area contributed by atoms with Crippen molar-refractivity contribution in [2.24, 2.45) is 11.8 Å². The minimum Gasteiger partial charge on any atom is -0.469 e. The molecule has 4 unspecified atom stereocenters. The second-order valence-corrected chi connectivity index (χ2v) is 9.32. The number of unbranched alkanes of at least 4 members (excludes halogenated alkanes) is 3. The van der Waals surface area contributed by atoms with E-state index in [0.717, 1.165) is 44.9 Å². The van der Waals surface area contributed by atoms with E-state index >= 15 is 0 Å². The molecule has 0 radical (unpaired) electrons. The number of aliphatic hydroxyl groups is 1. The first-order valence-corrected chi connectivity index (χ1v) is 11.0. The number of hydrogen-bond acceptors (Lipinski definition) is 5. The zero-order valence-electron chi connectivity index (χ0n) is 16.2. The molecule has 148 valence electrons. The van der Waals surface area contributed by atoms with Crippen LogP contribution in [0, 0.1) is 11.8 Å². The summed E-state index contributed by atoms with van der Waals surface area (Å²) in [5.41, 5.74) is 0. The Morgan fingerprint density at radius 1 is 1.35 bits per heavy atom. The standard InChI is InChI=1S/C21H34O4S/c1-3-4-9-13-21(24)14-12-17-16(18(22)15-19(17)26-21)10-7-5-6-8-11-20(23)25-2/h5,7,16-17,19,24H,3-4,6,8-15H2,1-2H3/b7-5+. The number of thioether (sulfide) groups is 1. The van der Waals surface area contributed by atoms with E-state index in [2.05, 4.69) is 23.8 Å². The summed E-state index contributed by atoms with van der Waals surface area (Å²) in [5, 5.41) is 11.1. The Hall–Kier alpha value is -0.810. The normalized spacial score (nSPS) is 31.3. The number of esters is 1. The summed E-state index contributed by atoms with van der Waals surface area (Å²) in [6, 6.07) is 0. The van der Waals surface area contributed by atoms with Gasteiger partial charge in [-0.25, -0.2) is 0 Å². The third-order valence-electron chi connectivity index (χ3n) is 5.76. The molecular formula is C21H34O4S. The van der Waals surface area contributed by atoms with Crippen molar-refractivity contribution in [3.63, 3.8) is 0 Å². The van der Waals surface area contributed by atoms with Crippen LogP contribution in [0.5, 0.6) is 0 Å². The molecule has 1 saturated carbocycles. The van der Waals surface area contributed by atoms with Gasteiger partial charge in [-0.2, -0.15) is 0 Å². The largest absolute Gasteiger partial charge is 0.469 e. The number of carbonyl (C=O) groups is 2. The maximum atomic E-state index is 12.5. The number of hydrogen-bond donors (Lipinski definition) is 1. The average Bonchev–Trinajstić information content (AvgIpc) is 2.91. The smallest absolute Gasteiger partial charge is 0.305 e. The predicted molar refractivity (Wildman–Crippen MR) is 106 cm³/mol. The summed E-state index contributed by atoms with van der Waals surface area (Å²) < 4.78 is 4.63. The van der Waals surface area contributed by atoms with Crippen LogP contribution < -0.4 is 0 Å². The third kappa shape index (κ3) is 6.12. The van der Waals surface area contributed by atoms with Crippen molar-refractivity contribution in [2.75, 3.05) is 7.11 Å². The molecule has 2 aliphatic rings. The van der Waals surface area contributed by atoms with Gasteiger partial charge in [0.1, 0.15) is 10.7 Å². The van der Waals surface area contributed by atoms with Gasteiger partial charge in [-0.1, -0.05) is 31.9 Å². The zero-order valence-corrected chi connectivity index (χ0v) is 17.1. The van der Waals surface area contributed by atoms with Gasteiger partial charge in [0.2, 0.25) is 0 Å². The molecule has 4 atom stereocenters. The molecule has 1 aliphatic carbocycles. The van der Waals surface area contributed by atoms with Crippen LogP contribution in [0.3, 0.4) is 0 Å². The van der Waals surface area contributed by atoms with E-state index < -0.39 is 4.93 Å². The van der Waals surface area contributed by atoms with Crippen molar-refractivity contribution >= 4 is 23.5 Å². The lowest BCUT2D eigenvalue weighted by Gasteiger charge is -2.39.